The maximum atomic E-state index is 5.32. The molecule has 0 bridgehead atoms. The van der Waals surface area contributed by atoms with E-state index in [1.165, 1.54) is 11.1 Å². The van der Waals surface area contributed by atoms with Gasteiger partial charge in [-0.25, -0.2) is 15.0 Å². The number of pyridine rings is 3. The second-order valence-electron chi connectivity index (χ2n) is 15.3. The summed E-state index contributed by atoms with van der Waals surface area (Å²) >= 11 is 0. The van der Waals surface area contributed by atoms with Crippen LogP contribution in [0.4, 0.5) is 0 Å². The molecule has 0 radical (unpaired) electrons. The van der Waals surface area contributed by atoms with Crippen molar-refractivity contribution in [3.05, 3.63) is 200 Å². The van der Waals surface area contributed by atoms with Gasteiger partial charge in [-0.1, -0.05) is 159 Å². The van der Waals surface area contributed by atoms with Crippen molar-refractivity contribution in [3.63, 3.8) is 0 Å². The Labute approximate surface area is 338 Å². The number of nitrogens with zero attached hydrogens (tertiary/aromatic N) is 5. The van der Waals surface area contributed by atoms with E-state index in [2.05, 4.69) is 193 Å². The van der Waals surface area contributed by atoms with Gasteiger partial charge in [0.15, 0.2) is 0 Å². The first kappa shape index (κ1) is 35.1. The van der Waals surface area contributed by atoms with E-state index < -0.39 is 0 Å². The fourth-order valence-electron chi connectivity index (χ4n) is 8.03. The molecule has 0 aliphatic heterocycles. The second-order valence-corrected chi connectivity index (χ2v) is 15.3. The van der Waals surface area contributed by atoms with Crippen molar-refractivity contribution in [1.82, 2.24) is 23.8 Å². The Balaban J connectivity index is 1.05. The molecule has 10 aromatic rings. The van der Waals surface area contributed by atoms with E-state index in [9.17, 15) is 0 Å². The summed E-state index contributed by atoms with van der Waals surface area (Å²) in [7, 11) is 0. The van der Waals surface area contributed by atoms with Crippen molar-refractivity contribution in [2.45, 2.75) is 20.3 Å². The van der Waals surface area contributed by atoms with E-state index in [-0.39, 0.29) is 0 Å². The van der Waals surface area contributed by atoms with E-state index >= 15 is 0 Å². The predicted molar refractivity (Wildman–Crippen MR) is 238 cm³/mol. The number of hydrogen-bond acceptors (Lipinski definition) is 3. The van der Waals surface area contributed by atoms with Crippen molar-refractivity contribution >= 4 is 11.3 Å². The molecule has 5 nitrogen and oxygen atoms in total. The number of aromatic nitrogens is 5. The average molecular weight is 748 g/mol. The lowest BCUT2D eigenvalue weighted by molar-refractivity contribution is 0.647. The van der Waals surface area contributed by atoms with Crippen molar-refractivity contribution in [2.24, 2.45) is 5.92 Å². The summed E-state index contributed by atoms with van der Waals surface area (Å²) in [4.78, 5) is 15.5. The van der Waals surface area contributed by atoms with Crippen LogP contribution in [0.15, 0.2) is 194 Å². The first-order valence-electron chi connectivity index (χ1n) is 19.9. The first-order valence-corrected chi connectivity index (χ1v) is 19.9. The van der Waals surface area contributed by atoms with Crippen molar-refractivity contribution in [2.75, 3.05) is 0 Å². The number of imidazole rings is 2. The minimum absolute atomic E-state index is 0.601. The van der Waals surface area contributed by atoms with Gasteiger partial charge in [-0.2, -0.15) is 0 Å². The Hall–Kier alpha value is -7.37. The van der Waals surface area contributed by atoms with E-state index in [4.69, 9.17) is 15.0 Å². The van der Waals surface area contributed by atoms with Crippen LogP contribution in [0.5, 0.6) is 0 Å². The highest BCUT2D eigenvalue weighted by atomic mass is 15.0. The van der Waals surface area contributed by atoms with Crippen LogP contribution in [0.1, 0.15) is 19.4 Å². The fourth-order valence-corrected chi connectivity index (χ4v) is 8.03. The molecule has 0 unspecified atom stereocenters. The van der Waals surface area contributed by atoms with Gasteiger partial charge in [-0.3, -0.25) is 8.80 Å². The number of hydrogen-bond donors (Lipinski definition) is 0. The summed E-state index contributed by atoms with van der Waals surface area (Å²) in [5.74, 6) is 0.601. The Morgan fingerprint density at radius 1 is 0.379 bits per heavy atom. The summed E-state index contributed by atoms with van der Waals surface area (Å²) in [6, 6.07) is 64.1. The summed E-state index contributed by atoms with van der Waals surface area (Å²) in [6.07, 6.45) is 5.23. The third-order valence-electron chi connectivity index (χ3n) is 10.8. The lowest BCUT2D eigenvalue weighted by Crippen LogP contribution is -1.94. The molecule has 278 valence electrons. The molecule has 0 amide bonds. The highest BCUT2D eigenvalue weighted by Crippen LogP contribution is 2.37. The van der Waals surface area contributed by atoms with E-state index in [0.29, 0.717) is 5.92 Å². The molecule has 10 rings (SSSR count). The number of rotatable bonds is 9. The monoisotopic (exact) mass is 747 g/mol. The molecule has 0 saturated heterocycles. The zero-order chi connectivity index (χ0) is 39.0. The standard InChI is InChI=1S/C53H41N5/c1-36(2)33-37-19-21-38(22-20-37)45-34-46(39-23-27-41(28-24-39)50-52(43-13-5-3-6-14-43)57-31-11-9-17-48(57)55-50)54-47(35-45)40-25-29-42(30-26-40)51-53(44-15-7-4-8-16-44)58-32-12-10-18-49(58)56-51/h3-32,34-36H,33H2,1-2H3. The maximum absolute atomic E-state index is 5.32. The van der Waals surface area contributed by atoms with Gasteiger partial charge in [0.1, 0.15) is 11.3 Å². The Kier molecular flexibility index (Phi) is 9.04. The van der Waals surface area contributed by atoms with Crippen LogP contribution >= 0.6 is 0 Å². The zero-order valence-corrected chi connectivity index (χ0v) is 32.5. The number of fused-ring (bicyclic) bond motifs is 2. The van der Waals surface area contributed by atoms with E-state index in [0.717, 1.165) is 90.8 Å². The smallest absolute Gasteiger partial charge is 0.137 e. The van der Waals surface area contributed by atoms with Crippen molar-refractivity contribution in [1.29, 1.82) is 0 Å². The molecule has 5 aromatic heterocycles. The van der Waals surface area contributed by atoms with E-state index in [1.54, 1.807) is 0 Å². The zero-order valence-electron chi connectivity index (χ0n) is 32.5. The molecule has 0 aliphatic rings. The normalized spacial score (nSPS) is 11.5. The van der Waals surface area contributed by atoms with Gasteiger partial charge in [0.05, 0.1) is 34.2 Å². The van der Waals surface area contributed by atoms with Crippen LogP contribution < -0.4 is 0 Å². The molecule has 5 heterocycles. The second kappa shape index (κ2) is 14.9. The highest BCUT2D eigenvalue weighted by Gasteiger charge is 2.18. The molecular weight excluding hydrogens is 707 g/mol. The van der Waals surface area contributed by atoms with E-state index in [1.807, 2.05) is 24.3 Å². The van der Waals surface area contributed by atoms with Crippen molar-refractivity contribution < 1.29 is 0 Å². The van der Waals surface area contributed by atoms with Gasteiger partial charge in [-0.15, -0.1) is 0 Å². The maximum Gasteiger partial charge on any atom is 0.137 e. The SMILES string of the molecule is CC(C)Cc1ccc(-c2cc(-c3ccc(-c4nc5ccccn5c4-c4ccccc4)cc3)nc(-c3ccc(-c4nc5ccccn5c4-c4ccccc4)cc3)c2)cc1. The Morgan fingerprint density at radius 3 is 1.24 bits per heavy atom. The molecule has 0 saturated carbocycles. The third kappa shape index (κ3) is 6.67. The molecule has 0 spiro atoms. The number of benzene rings is 5. The molecule has 0 atom stereocenters. The van der Waals surface area contributed by atoms with Crippen LogP contribution in [0, 0.1) is 5.92 Å². The molecule has 0 N–H and O–H groups in total. The van der Waals surface area contributed by atoms with Gasteiger partial charge in [0.2, 0.25) is 0 Å². The Morgan fingerprint density at radius 2 is 0.793 bits per heavy atom. The van der Waals surface area contributed by atoms with Gasteiger partial charge in [0, 0.05) is 45.8 Å². The molecule has 0 fully saturated rings. The van der Waals surface area contributed by atoms with Crippen LogP contribution in [-0.4, -0.2) is 23.8 Å². The molecule has 5 heteroatoms. The summed E-state index contributed by atoms with van der Waals surface area (Å²) in [5.41, 5.74) is 17.8. The van der Waals surface area contributed by atoms with Gasteiger partial charge >= 0.3 is 0 Å². The first-order chi connectivity index (χ1) is 28.6. The van der Waals surface area contributed by atoms with Gasteiger partial charge in [-0.05, 0) is 65.4 Å². The lowest BCUT2D eigenvalue weighted by Gasteiger charge is -2.12. The van der Waals surface area contributed by atoms with Crippen molar-refractivity contribution in [3.8, 4) is 78.7 Å². The highest BCUT2D eigenvalue weighted by molar-refractivity contribution is 5.85. The largest absolute Gasteiger partial charge is 0.299 e. The quantitative estimate of drug-likeness (QED) is 0.148. The molecule has 0 aliphatic carbocycles. The molecule has 5 aromatic carbocycles. The molecular formula is C53H41N5. The van der Waals surface area contributed by atoms with Gasteiger partial charge in [0.25, 0.3) is 0 Å². The lowest BCUT2D eigenvalue weighted by atomic mass is 9.96. The minimum atomic E-state index is 0.601. The average Bonchev–Trinajstić information content (AvgIpc) is 3.87. The summed E-state index contributed by atoms with van der Waals surface area (Å²) in [5, 5.41) is 0. The predicted octanol–water partition coefficient (Wildman–Crippen LogP) is 13.2. The van der Waals surface area contributed by atoms with Crippen LogP contribution in [0.3, 0.4) is 0 Å². The minimum Gasteiger partial charge on any atom is -0.299 e. The molecule has 58 heavy (non-hydrogen) atoms. The van der Waals surface area contributed by atoms with Crippen LogP contribution in [0.2, 0.25) is 0 Å². The fraction of sp³-hybridized carbons (Fsp3) is 0.0755. The summed E-state index contributed by atoms with van der Waals surface area (Å²) in [6.45, 7) is 4.53. The van der Waals surface area contributed by atoms with Gasteiger partial charge < -0.3 is 0 Å². The van der Waals surface area contributed by atoms with Crippen LogP contribution in [-0.2, 0) is 6.42 Å². The van der Waals surface area contributed by atoms with Crippen LogP contribution in [0.25, 0.3) is 90.0 Å². The third-order valence-corrected chi connectivity index (χ3v) is 10.8. The summed E-state index contributed by atoms with van der Waals surface area (Å²) < 4.78 is 4.34. The topological polar surface area (TPSA) is 47.5 Å². The Bertz CT molecular complexity index is 2830.